The van der Waals surface area contributed by atoms with E-state index in [9.17, 15) is 18.0 Å². The normalized spacial score (nSPS) is 20.0. The molecule has 0 saturated carbocycles. The van der Waals surface area contributed by atoms with Crippen LogP contribution in [0.3, 0.4) is 0 Å². The van der Waals surface area contributed by atoms with Crippen LogP contribution in [0.25, 0.3) is 10.8 Å². The van der Waals surface area contributed by atoms with Crippen molar-refractivity contribution < 1.29 is 18.0 Å². The molecule has 9 heteroatoms. The number of amides is 3. The summed E-state index contributed by atoms with van der Waals surface area (Å²) < 4.78 is 30.2. The van der Waals surface area contributed by atoms with Crippen molar-refractivity contribution in [2.24, 2.45) is 11.8 Å². The summed E-state index contributed by atoms with van der Waals surface area (Å²) in [5.41, 5.74) is 1.96. The highest BCUT2D eigenvalue weighted by Crippen LogP contribution is 2.31. The third-order valence-corrected chi connectivity index (χ3v) is 8.52. The molecule has 0 bridgehead atoms. The highest BCUT2D eigenvalue weighted by Gasteiger charge is 2.37. The number of nitrogens with one attached hydrogen (secondary N) is 2. The van der Waals surface area contributed by atoms with Gasteiger partial charge in [0.25, 0.3) is 5.91 Å². The molecule has 0 spiro atoms. The fraction of sp³-hybridized carbons (Fsp3) is 0.357. The molecule has 0 aromatic heterocycles. The van der Waals surface area contributed by atoms with Gasteiger partial charge in [-0.05, 0) is 42.5 Å². The molecule has 196 valence electrons. The molecular weight excluding hydrogens is 488 g/mol. The zero-order valence-corrected chi connectivity index (χ0v) is 22.7. The number of anilines is 1. The molecule has 1 heterocycles. The van der Waals surface area contributed by atoms with Crippen LogP contribution >= 0.6 is 0 Å². The summed E-state index contributed by atoms with van der Waals surface area (Å²) in [6.07, 6.45) is 0. The first-order chi connectivity index (χ1) is 17.5. The second kappa shape index (κ2) is 10.5. The number of likely N-dealkylation sites (tertiary alicyclic amines) is 1. The highest BCUT2D eigenvalue weighted by atomic mass is 32.2. The van der Waals surface area contributed by atoms with Gasteiger partial charge in [0, 0.05) is 55.2 Å². The third kappa shape index (κ3) is 5.47. The summed E-state index contributed by atoms with van der Waals surface area (Å²) >= 11 is 0. The standard InChI is InChI=1S/C28H34N4O4S/c1-18-10-6-7-11-21(18)27(33)29-24-14-15-25(23-13-9-8-12-22(23)24)37(35,36)30-26-19(2)16-32(17-20(26)3)28(34)31(4)5/h6-15,19-20,26,30H,16-17H2,1-5H3,(H,29,33)/t19-,20+,26?. The number of urea groups is 1. The molecular formula is C28H34N4O4S. The van der Waals surface area contributed by atoms with Crippen LogP contribution in [0.4, 0.5) is 10.5 Å². The predicted molar refractivity (Wildman–Crippen MR) is 146 cm³/mol. The van der Waals surface area contributed by atoms with Crippen molar-refractivity contribution in [1.82, 2.24) is 14.5 Å². The number of sulfonamides is 1. The number of piperidine rings is 1. The Kier molecular flexibility index (Phi) is 7.57. The second-order valence-corrected chi connectivity index (χ2v) is 11.8. The molecule has 1 aliphatic rings. The van der Waals surface area contributed by atoms with Crippen LogP contribution in [0.1, 0.15) is 29.8 Å². The van der Waals surface area contributed by atoms with E-state index in [2.05, 4.69) is 10.0 Å². The van der Waals surface area contributed by atoms with E-state index in [4.69, 9.17) is 0 Å². The lowest BCUT2D eigenvalue weighted by atomic mass is 9.87. The van der Waals surface area contributed by atoms with E-state index in [-0.39, 0.29) is 34.7 Å². The smallest absolute Gasteiger partial charge is 0.319 e. The monoisotopic (exact) mass is 522 g/mol. The molecule has 1 aliphatic heterocycles. The Labute approximate surface area is 218 Å². The summed E-state index contributed by atoms with van der Waals surface area (Å²) in [4.78, 5) is 28.8. The van der Waals surface area contributed by atoms with Gasteiger partial charge in [0.15, 0.2) is 0 Å². The van der Waals surface area contributed by atoms with Crippen LogP contribution in [0.15, 0.2) is 65.6 Å². The van der Waals surface area contributed by atoms with E-state index in [1.165, 1.54) is 11.0 Å². The van der Waals surface area contributed by atoms with E-state index < -0.39 is 10.0 Å². The van der Waals surface area contributed by atoms with E-state index in [0.29, 0.717) is 35.1 Å². The van der Waals surface area contributed by atoms with Crippen LogP contribution in [-0.4, -0.2) is 63.4 Å². The summed E-state index contributed by atoms with van der Waals surface area (Å²) in [5.74, 6) is -0.388. The average molecular weight is 523 g/mol. The lowest BCUT2D eigenvalue weighted by Crippen LogP contribution is -2.57. The first-order valence-corrected chi connectivity index (χ1v) is 13.8. The van der Waals surface area contributed by atoms with E-state index in [0.717, 1.165) is 5.56 Å². The van der Waals surface area contributed by atoms with Gasteiger partial charge in [-0.1, -0.05) is 56.3 Å². The Morgan fingerprint density at radius 3 is 2.11 bits per heavy atom. The minimum atomic E-state index is -3.89. The summed E-state index contributed by atoms with van der Waals surface area (Å²) in [6.45, 7) is 6.73. The maximum absolute atomic E-state index is 13.6. The van der Waals surface area contributed by atoms with Gasteiger partial charge in [0.1, 0.15) is 0 Å². The van der Waals surface area contributed by atoms with Crippen molar-refractivity contribution in [2.45, 2.75) is 31.7 Å². The molecule has 37 heavy (non-hydrogen) atoms. The Hall–Kier alpha value is -3.43. The van der Waals surface area contributed by atoms with E-state index >= 15 is 0 Å². The lowest BCUT2D eigenvalue weighted by Gasteiger charge is -2.42. The second-order valence-electron chi connectivity index (χ2n) is 10.1. The third-order valence-electron chi connectivity index (χ3n) is 7.00. The molecule has 4 rings (SSSR count). The number of benzene rings is 3. The molecule has 0 radical (unpaired) electrons. The van der Waals surface area contributed by atoms with E-state index in [1.54, 1.807) is 49.3 Å². The van der Waals surface area contributed by atoms with Crippen LogP contribution in [-0.2, 0) is 10.0 Å². The van der Waals surface area contributed by atoms with E-state index in [1.807, 2.05) is 45.0 Å². The first-order valence-electron chi connectivity index (χ1n) is 12.4. The lowest BCUT2D eigenvalue weighted by molar-refractivity contribution is 0.102. The zero-order chi connectivity index (χ0) is 26.9. The van der Waals surface area contributed by atoms with Gasteiger partial charge >= 0.3 is 6.03 Å². The maximum atomic E-state index is 13.6. The van der Waals surface area contributed by atoms with Gasteiger partial charge in [0.2, 0.25) is 10.0 Å². The van der Waals surface area contributed by atoms with Crippen LogP contribution in [0, 0.1) is 18.8 Å². The number of rotatable bonds is 5. The van der Waals surface area contributed by atoms with Gasteiger partial charge in [-0.15, -0.1) is 0 Å². The molecule has 3 aromatic rings. The quantitative estimate of drug-likeness (QED) is 0.522. The molecule has 1 saturated heterocycles. The minimum Gasteiger partial charge on any atom is -0.331 e. The molecule has 1 unspecified atom stereocenters. The molecule has 2 N–H and O–H groups in total. The summed E-state index contributed by atoms with van der Waals surface area (Å²) in [5, 5.41) is 4.11. The summed E-state index contributed by atoms with van der Waals surface area (Å²) in [6, 6.07) is 17.2. The Bertz CT molecular complexity index is 1430. The number of aryl methyl sites for hydroxylation is 1. The van der Waals surface area contributed by atoms with Crippen molar-refractivity contribution in [3.8, 4) is 0 Å². The average Bonchev–Trinajstić information content (AvgIpc) is 2.85. The van der Waals surface area contributed by atoms with Crippen LogP contribution in [0.5, 0.6) is 0 Å². The number of nitrogens with zero attached hydrogens (tertiary/aromatic N) is 2. The Morgan fingerprint density at radius 2 is 1.49 bits per heavy atom. The van der Waals surface area contributed by atoms with Crippen molar-refractivity contribution in [3.05, 3.63) is 71.8 Å². The van der Waals surface area contributed by atoms with Crippen molar-refractivity contribution >= 4 is 38.4 Å². The van der Waals surface area contributed by atoms with Gasteiger partial charge in [-0.25, -0.2) is 17.9 Å². The minimum absolute atomic E-state index is 0.0682. The topological polar surface area (TPSA) is 98.8 Å². The zero-order valence-electron chi connectivity index (χ0n) is 21.9. The maximum Gasteiger partial charge on any atom is 0.319 e. The first kappa shape index (κ1) is 26.6. The molecule has 0 aliphatic carbocycles. The summed E-state index contributed by atoms with van der Waals surface area (Å²) in [7, 11) is -0.461. The number of hydrogen-bond acceptors (Lipinski definition) is 4. The fourth-order valence-electron chi connectivity index (χ4n) is 5.10. The Balaban J connectivity index is 1.61. The van der Waals surface area contributed by atoms with Gasteiger partial charge in [-0.3, -0.25) is 4.79 Å². The number of carbonyl (C=O) groups is 2. The highest BCUT2D eigenvalue weighted by molar-refractivity contribution is 7.89. The van der Waals surface area contributed by atoms with Gasteiger partial charge < -0.3 is 15.1 Å². The fourth-order valence-corrected chi connectivity index (χ4v) is 6.77. The number of hydrogen-bond donors (Lipinski definition) is 2. The van der Waals surface area contributed by atoms with Crippen LogP contribution < -0.4 is 10.0 Å². The van der Waals surface area contributed by atoms with Crippen molar-refractivity contribution in [1.29, 1.82) is 0 Å². The van der Waals surface area contributed by atoms with Gasteiger partial charge in [-0.2, -0.15) is 0 Å². The molecule has 3 aromatic carbocycles. The van der Waals surface area contributed by atoms with Crippen molar-refractivity contribution in [2.75, 3.05) is 32.5 Å². The largest absolute Gasteiger partial charge is 0.331 e. The number of carbonyl (C=O) groups excluding carboxylic acids is 2. The Morgan fingerprint density at radius 1 is 0.892 bits per heavy atom. The van der Waals surface area contributed by atoms with Crippen molar-refractivity contribution in [3.63, 3.8) is 0 Å². The molecule has 3 atom stereocenters. The van der Waals surface area contributed by atoms with Crippen LogP contribution in [0.2, 0.25) is 0 Å². The predicted octanol–water partition coefficient (Wildman–Crippen LogP) is 4.32. The molecule has 1 fully saturated rings. The number of fused-ring (bicyclic) bond motifs is 1. The molecule has 3 amide bonds. The SMILES string of the molecule is Cc1ccccc1C(=O)Nc1ccc(S(=O)(=O)NC2[C@H](C)CN(C(=O)N(C)C)C[C@@H]2C)c2ccccc12. The van der Waals surface area contributed by atoms with Gasteiger partial charge in [0.05, 0.1) is 4.90 Å². The molecule has 8 nitrogen and oxygen atoms in total.